The van der Waals surface area contributed by atoms with Crippen molar-refractivity contribution in [2.45, 2.75) is 20.4 Å². The van der Waals surface area contributed by atoms with Crippen LogP contribution >= 0.6 is 12.4 Å². The van der Waals surface area contributed by atoms with Gasteiger partial charge in [0.05, 0.1) is 25.5 Å². The third-order valence-electron chi connectivity index (χ3n) is 4.86. The van der Waals surface area contributed by atoms with Crippen molar-refractivity contribution < 1.29 is 18.8 Å². The summed E-state index contributed by atoms with van der Waals surface area (Å²) in [5.41, 5.74) is 2.60. The number of carbonyl (C=O) groups is 1. The van der Waals surface area contributed by atoms with Gasteiger partial charge in [0.2, 0.25) is 0 Å². The Balaban J connectivity index is 0.00000261. The van der Waals surface area contributed by atoms with Gasteiger partial charge in [-0.1, -0.05) is 11.2 Å². The van der Waals surface area contributed by atoms with E-state index in [0.717, 1.165) is 36.7 Å². The van der Waals surface area contributed by atoms with Gasteiger partial charge in [0, 0.05) is 38.3 Å². The van der Waals surface area contributed by atoms with E-state index in [0.29, 0.717) is 30.2 Å². The second kappa shape index (κ2) is 9.10. The molecule has 1 saturated heterocycles. The van der Waals surface area contributed by atoms with Crippen molar-refractivity contribution in [3.63, 3.8) is 0 Å². The quantitative estimate of drug-likeness (QED) is 0.775. The number of halogens is 1. The second-order valence-electron chi connectivity index (χ2n) is 6.41. The number of benzene rings is 1. The van der Waals surface area contributed by atoms with Crippen LogP contribution in [0.4, 0.5) is 0 Å². The Morgan fingerprint density at radius 3 is 2.41 bits per heavy atom. The van der Waals surface area contributed by atoms with Gasteiger partial charge in [-0.15, -0.1) is 12.4 Å². The lowest BCUT2D eigenvalue weighted by atomic mass is 10.1. The highest BCUT2D eigenvalue weighted by atomic mass is 35.5. The Morgan fingerprint density at radius 2 is 1.85 bits per heavy atom. The zero-order chi connectivity index (χ0) is 18.7. The number of aromatic nitrogens is 1. The van der Waals surface area contributed by atoms with Gasteiger partial charge in [-0.3, -0.25) is 9.69 Å². The number of ether oxygens (including phenoxy) is 2. The Labute approximate surface area is 165 Å². The SMILES string of the molecule is COc1cccc(C(=O)N2CCN(Cc3c(C)noc3C)CC2)c1OC.Cl. The molecule has 1 aliphatic heterocycles. The Hall–Kier alpha value is -2.25. The molecule has 2 heterocycles. The molecule has 148 valence electrons. The summed E-state index contributed by atoms with van der Waals surface area (Å²) in [5.74, 6) is 1.88. The van der Waals surface area contributed by atoms with Crippen LogP contribution in [-0.4, -0.2) is 61.3 Å². The lowest BCUT2D eigenvalue weighted by Crippen LogP contribution is -2.48. The lowest BCUT2D eigenvalue weighted by Gasteiger charge is -2.35. The zero-order valence-electron chi connectivity index (χ0n) is 16.2. The molecule has 1 aromatic carbocycles. The average Bonchev–Trinajstić information content (AvgIpc) is 2.99. The van der Waals surface area contributed by atoms with Gasteiger partial charge in [0.25, 0.3) is 5.91 Å². The fourth-order valence-corrected chi connectivity index (χ4v) is 3.29. The summed E-state index contributed by atoms with van der Waals surface area (Å²) in [6.07, 6.45) is 0. The summed E-state index contributed by atoms with van der Waals surface area (Å²) in [6, 6.07) is 5.37. The fourth-order valence-electron chi connectivity index (χ4n) is 3.29. The van der Waals surface area contributed by atoms with Crippen LogP contribution in [0.3, 0.4) is 0 Å². The van der Waals surface area contributed by atoms with Gasteiger partial charge in [-0.25, -0.2) is 0 Å². The van der Waals surface area contributed by atoms with E-state index in [-0.39, 0.29) is 18.3 Å². The molecule has 7 nitrogen and oxygen atoms in total. The third kappa shape index (κ3) is 4.36. The maximum Gasteiger partial charge on any atom is 0.257 e. The Morgan fingerprint density at radius 1 is 1.15 bits per heavy atom. The molecule has 27 heavy (non-hydrogen) atoms. The summed E-state index contributed by atoms with van der Waals surface area (Å²) in [6.45, 7) is 7.64. The molecule has 1 aromatic heterocycles. The molecule has 1 aliphatic rings. The molecule has 1 fully saturated rings. The largest absolute Gasteiger partial charge is 0.493 e. The highest BCUT2D eigenvalue weighted by molar-refractivity contribution is 5.97. The topological polar surface area (TPSA) is 68.0 Å². The molecule has 2 aromatic rings. The van der Waals surface area contributed by atoms with Crippen LogP contribution < -0.4 is 9.47 Å². The number of methoxy groups -OCH3 is 2. The Bertz CT molecular complexity index is 766. The molecule has 0 N–H and O–H groups in total. The van der Waals surface area contributed by atoms with E-state index in [1.165, 1.54) is 0 Å². The van der Waals surface area contributed by atoms with Crippen molar-refractivity contribution in [1.82, 2.24) is 15.0 Å². The van der Waals surface area contributed by atoms with Crippen molar-refractivity contribution in [3.8, 4) is 11.5 Å². The first kappa shape index (κ1) is 21.1. The van der Waals surface area contributed by atoms with Crippen LogP contribution in [0, 0.1) is 13.8 Å². The number of hydrogen-bond donors (Lipinski definition) is 0. The van der Waals surface area contributed by atoms with Crippen molar-refractivity contribution >= 4 is 18.3 Å². The van der Waals surface area contributed by atoms with E-state index in [1.807, 2.05) is 24.8 Å². The van der Waals surface area contributed by atoms with E-state index in [1.54, 1.807) is 26.4 Å². The molecule has 0 atom stereocenters. The van der Waals surface area contributed by atoms with E-state index >= 15 is 0 Å². The molecule has 0 radical (unpaired) electrons. The van der Waals surface area contributed by atoms with E-state index in [9.17, 15) is 4.79 Å². The molecule has 0 spiro atoms. The number of amides is 1. The predicted molar refractivity (Wildman–Crippen MR) is 104 cm³/mol. The molecular formula is C19H26ClN3O4. The maximum absolute atomic E-state index is 12.9. The first-order chi connectivity index (χ1) is 12.5. The minimum atomic E-state index is -0.0299. The smallest absolute Gasteiger partial charge is 0.257 e. The zero-order valence-corrected chi connectivity index (χ0v) is 17.0. The van der Waals surface area contributed by atoms with Crippen LogP contribution in [0.15, 0.2) is 22.7 Å². The van der Waals surface area contributed by atoms with Gasteiger partial charge in [0.15, 0.2) is 11.5 Å². The van der Waals surface area contributed by atoms with Crippen molar-refractivity contribution in [2.24, 2.45) is 0 Å². The number of carbonyl (C=O) groups excluding carboxylic acids is 1. The van der Waals surface area contributed by atoms with E-state index in [2.05, 4.69) is 10.1 Å². The van der Waals surface area contributed by atoms with E-state index in [4.69, 9.17) is 14.0 Å². The van der Waals surface area contributed by atoms with Gasteiger partial charge in [-0.05, 0) is 26.0 Å². The van der Waals surface area contributed by atoms with Gasteiger partial charge in [-0.2, -0.15) is 0 Å². The molecule has 1 amide bonds. The Kier molecular flexibility index (Phi) is 7.10. The van der Waals surface area contributed by atoms with E-state index < -0.39 is 0 Å². The summed E-state index contributed by atoms with van der Waals surface area (Å²) < 4.78 is 15.9. The van der Waals surface area contributed by atoms with Crippen LogP contribution in [0.5, 0.6) is 11.5 Å². The van der Waals surface area contributed by atoms with Crippen LogP contribution in [0.25, 0.3) is 0 Å². The summed E-state index contributed by atoms with van der Waals surface area (Å²) in [4.78, 5) is 17.1. The molecule has 0 bridgehead atoms. The fraction of sp³-hybridized carbons (Fsp3) is 0.474. The molecule has 0 aliphatic carbocycles. The van der Waals surface area contributed by atoms with Crippen molar-refractivity contribution in [2.75, 3.05) is 40.4 Å². The van der Waals surface area contributed by atoms with Gasteiger partial charge < -0.3 is 18.9 Å². The minimum absolute atomic E-state index is 0. The second-order valence-corrected chi connectivity index (χ2v) is 6.41. The number of hydrogen-bond acceptors (Lipinski definition) is 6. The molecule has 0 unspecified atom stereocenters. The summed E-state index contributed by atoms with van der Waals surface area (Å²) >= 11 is 0. The first-order valence-corrected chi connectivity index (χ1v) is 8.69. The van der Waals surface area contributed by atoms with Gasteiger partial charge in [0.1, 0.15) is 5.76 Å². The average molecular weight is 396 g/mol. The highest BCUT2D eigenvalue weighted by Crippen LogP contribution is 2.31. The summed E-state index contributed by atoms with van der Waals surface area (Å²) in [5, 5.41) is 4.01. The number of piperazine rings is 1. The summed E-state index contributed by atoms with van der Waals surface area (Å²) in [7, 11) is 3.12. The normalized spacial score (nSPS) is 14.6. The van der Waals surface area contributed by atoms with Crippen LogP contribution in [-0.2, 0) is 6.54 Å². The standard InChI is InChI=1S/C19H25N3O4.ClH/c1-13-16(14(2)26-20-13)12-21-8-10-22(11-9-21)19(23)15-6-5-7-17(24-3)18(15)25-4;/h5-7H,8-12H2,1-4H3;1H. The minimum Gasteiger partial charge on any atom is -0.493 e. The maximum atomic E-state index is 12.9. The number of aryl methyl sites for hydroxylation is 2. The highest BCUT2D eigenvalue weighted by Gasteiger charge is 2.26. The molecule has 0 saturated carbocycles. The number of para-hydroxylation sites is 1. The molecular weight excluding hydrogens is 370 g/mol. The van der Waals surface area contributed by atoms with Crippen molar-refractivity contribution in [3.05, 3.63) is 40.8 Å². The van der Waals surface area contributed by atoms with Crippen molar-refractivity contribution in [1.29, 1.82) is 0 Å². The van der Waals surface area contributed by atoms with Crippen LogP contribution in [0.1, 0.15) is 27.4 Å². The predicted octanol–water partition coefficient (Wildman–Crippen LogP) is 2.69. The lowest BCUT2D eigenvalue weighted by molar-refractivity contribution is 0.0624. The molecule has 3 rings (SSSR count). The monoisotopic (exact) mass is 395 g/mol. The third-order valence-corrected chi connectivity index (χ3v) is 4.86. The number of nitrogens with zero attached hydrogens (tertiary/aromatic N) is 3. The number of rotatable bonds is 5. The first-order valence-electron chi connectivity index (χ1n) is 8.69. The molecule has 8 heteroatoms. The van der Waals surface area contributed by atoms with Crippen LogP contribution in [0.2, 0.25) is 0 Å². The van der Waals surface area contributed by atoms with Gasteiger partial charge >= 0.3 is 0 Å².